The Labute approximate surface area is 188 Å². The zero-order valence-electron chi connectivity index (χ0n) is 17.5. The number of para-hydroxylation sites is 4. The van der Waals surface area contributed by atoms with E-state index in [1.165, 1.54) is 10.8 Å². The van der Waals surface area contributed by atoms with Crippen LogP contribution in [0.2, 0.25) is 0 Å². The summed E-state index contributed by atoms with van der Waals surface area (Å²) >= 11 is 0. The van der Waals surface area contributed by atoms with E-state index < -0.39 is 0 Å². The lowest BCUT2D eigenvalue weighted by molar-refractivity contribution is 0.463. The van der Waals surface area contributed by atoms with Gasteiger partial charge in [0.25, 0.3) is 0 Å². The monoisotopic (exact) mass is 427 g/mol. The molecule has 4 heterocycles. The summed E-state index contributed by atoms with van der Waals surface area (Å²) in [6.07, 6.45) is 1.74. The Hall–Kier alpha value is -4.64. The zero-order valence-corrected chi connectivity index (χ0v) is 17.5. The second kappa shape index (κ2) is 6.93. The summed E-state index contributed by atoms with van der Waals surface area (Å²) in [5, 5.41) is 2.41. The maximum absolute atomic E-state index is 6.36. The largest absolute Gasteiger partial charge is 0.453 e. The lowest BCUT2D eigenvalue weighted by Crippen LogP contribution is -1.98. The number of hydrogen-bond donors (Lipinski definition) is 0. The van der Waals surface area contributed by atoms with Crippen LogP contribution in [0.1, 0.15) is 0 Å². The third-order valence-corrected chi connectivity index (χ3v) is 5.95. The normalized spacial score (nSPS) is 11.6. The summed E-state index contributed by atoms with van der Waals surface area (Å²) in [4.78, 5) is 9.15. The van der Waals surface area contributed by atoms with E-state index in [-0.39, 0.29) is 0 Å². The van der Waals surface area contributed by atoms with Crippen LogP contribution in [0, 0.1) is 0 Å². The first kappa shape index (κ1) is 18.0. The number of pyridine rings is 2. The van der Waals surface area contributed by atoms with Crippen molar-refractivity contribution in [1.29, 1.82) is 0 Å². The Morgan fingerprint density at radius 3 is 2.15 bits per heavy atom. The summed E-state index contributed by atoms with van der Waals surface area (Å²) in [5.74, 6) is 1.21. The van der Waals surface area contributed by atoms with Crippen molar-refractivity contribution >= 4 is 44.0 Å². The van der Waals surface area contributed by atoms with Gasteiger partial charge in [0.05, 0.1) is 16.7 Å². The molecule has 7 aromatic rings. The van der Waals surface area contributed by atoms with Gasteiger partial charge < -0.3 is 13.7 Å². The van der Waals surface area contributed by atoms with Gasteiger partial charge in [-0.15, -0.1) is 0 Å². The second-order valence-corrected chi connectivity index (χ2v) is 7.89. The SMILES string of the molecule is c1ccc(-n2c3ccccc3c3ccccc32)c(Oc2ccc3oc4cccnc4c3n2)c1. The van der Waals surface area contributed by atoms with E-state index in [0.29, 0.717) is 22.6 Å². The number of rotatable bonds is 3. The van der Waals surface area contributed by atoms with Crippen LogP contribution >= 0.6 is 0 Å². The molecule has 0 aliphatic heterocycles. The van der Waals surface area contributed by atoms with Gasteiger partial charge in [-0.05, 0) is 42.5 Å². The van der Waals surface area contributed by atoms with Crippen LogP contribution in [0.5, 0.6) is 11.6 Å². The van der Waals surface area contributed by atoms with Crippen molar-refractivity contribution in [3.05, 3.63) is 103 Å². The summed E-state index contributed by atoms with van der Waals surface area (Å²) < 4.78 is 14.5. The predicted octanol–water partition coefficient (Wildman–Crippen LogP) is 7.27. The molecule has 0 aliphatic rings. The Kier molecular flexibility index (Phi) is 3.78. The molecule has 0 amide bonds. The molecule has 33 heavy (non-hydrogen) atoms. The number of nitrogens with zero attached hydrogens (tertiary/aromatic N) is 3. The lowest BCUT2D eigenvalue weighted by Gasteiger charge is -2.13. The van der Waals surface area contributed by atoms with Gasteiger partial charge in [0.15, 0.2) is 16.9 Å². The van der Waals surface area contributed by atoms with E-state index in [1.54, 1.807) is 6.20 Å². The molecule has 0 spiro atoms. The predicted molar refractivity (Wildman–Crippen MR) is 130 cm³/mol. The number of furan rings is 1. The highest BCUT2D eigenvalue weighted by molar-refractivity contribution is 6.09. The van der Waals surface area contributed by atoms with Crippen LogP contribution in [-0.4, -0.2) is 14.5 Å². The molecule has 0 bridgehead atoms. The maximum atomic E-state index is 6.36. The molecule has 3 aromatic carbocycles. The second-order valence-electron chi connectivity index (χ2n) is 7.89. The molecule has 0 unspecified atom stereocenters. The Bertz CT molecular complexity index is 1760. The molecule has 0 fully saturated rings. The van der Waals surface area contributed by atoms with Gasteiger partial charge in [-0.2, -0.15) is 0 Å². The summed E-state index contributed by atoms with van der Waals surface area (Å²) in [5.41, 5.74) is 6.03. The summed E-state index contributed by atoms with van der Waals surface area (Å²) in [7, 11) is 0. The number of ether oxygens (including phenoxy) is 1. The molecule has 0 N–H and O–H groups in total. The van der Waals surface area contributed by atoms with E-state index in [1.807, 2.05) is 42.5 Å². The molecule has 5 nitrogen and oxygen atoms in total. The van der Waals surface area contributed by atoms with Crippen molar-refractivity contribution in [2.75, 3.05) is 0 Å². The number of aromatic nitrogens is 3. The van der Waals surface area contributed by atoms with Crippen LogP contribution in [0.15, 0.2) is 108 Å². The van der Waals surface area contributed by atoms with E-state index in [2.05, 4.69) is 64.1 Å². The first-order chi connectivity index (χ1) is 16.4. The summed E-state index contributed by atoms with van der Waals surface area (Å²) in [6.45, 7) is 0. The van der Waals surface area contributed by atoms with Gasteiger partial charge in [-0.1, -0.05) is 48.5 Å². The van der Waals surface area contributed by atoms with Crippen LogP contribution in [-0.2, 0) is 0 Å². The average Bonchev–Trinajstić information content (AvgIpc) is 3.40. The molecule has 0 aliphatic carbocycles. The molecule has 0 saturated heterocycles. The Morgan fingerprint density at radius 2 is 1.33 bits per heavy atom. The molecule has 5 heteroatoms. The quantitative estimate of drug-likeness (QED) is 0.298. The fourth-order valence-electron chi connectivity index (χ4n) is 4.53. The lowest BCUT2D eigenvalue weighted by atomic mass is 10.2. The van der Waals surface area contributed by atoms with E-state index in [9.17, 15) is 0 Å². The van der Waals surface area contributed by atoms with Crippen molar-refractivity contribution < 1.29 is 9.15 Å². The molecule has 156 valence electrons. The minimum atomic E-state index is 0.490. The highest BCUT2D eigenvalue weighted by atomic mass is 16.5. The molecular formula is C28H17N3O2. The fourth-order valence-corrected chi connectivity index (χ4v) is 4.53. The maximum Gasteiger partial charge on any atom is 0.220 e. The van der Waals surface area contributed by atoms with Gasteiger partial charge in [0.2, 0.25) is 5.88 Å². The molecule has 0 atom stereocenters. The third-order valence-electron chi connectivity index (χ3n) is 5.95. The number of hydrogen-bond acceptors (Lipinski definition) is 4. The van der Waals surface area contributed by atoms with Crippen LogP contribution < -0.4 is 4.74 Å². The van der Waals surface area contributed by atoms with Gasteiger partial charge in [0.1, 0.15) is 11.0 Å². The highest BCUT2D eigenvalue weighted by Gasteiger charge is 2.16. The molecule has 0 saturated carbocycles. The molecule has 0 radical (unpaired) electrons. The van der Waals surface area contributed by atoms with Gasteiger partial charge in [-0.25, -0.2) is 4.98 Å². The standard InChI is InChI=1S/C28H17N3O2/c1-3-10-20-18(8-1)19-9-2-4-11-21(19)31(20)22-12-5-6-13-23(22)33-26-16-15-25-28(30-26)27-24(32-25)14-7-17-29-27/h1-17H. The minimum absolute atomic E-state index is 0.490. The minimum Gasteiger partial charge on any atom is -0.453 e. The van der Waals surface area contributed by atoms with Gasteiger partial charge in [0, 0.05) is 23.0 Å². The smallest absolute Gasteiger partial charge is 0.220 e. The van der Waals surface area contributed by atoms with Gasteiger partial charge in [-0.3, -0.25) is 4.98 Å². The topological polar surface area (TPSA) is 53.1 Å². The summed E-state index contributed by atoms with van der Waals surface area (Å²) in [6, 6.07) is 32.3. The van der Waals surface area contributed by atoms with Crippen LogP contribution in [0.25, 0.3) is 49.7 Å². The number of benzene rings is 3. The van der Waals surface area contributed by atoms with E-state index in [4.69, 9.17) is 14.1 Å². The number of fused-ring (bicyclic) bond motifs is 6. The zero-order chi connectivity index (χ0) is 21.8. The van der Waals surface area contributed by atoms with Gasteiger partial charge >= 0.3 is 0 Å². The Balaban J connectivity index is 1.41. The third kappa shape index (κ3) is 2.72. The first-order valence-electron chi connectivity index (χ1n) is 10.8. The van der Waals surface area contributed by atoms with E-state index in [0.717, 1.165) is 28.0 Å². The van der Waals surface area contributed by atoms with Crippen molar-refractivity contribution in [2.45, 2.75) is 0 Å². The van der Waals surface area contributed by atoms with Crippen molar-refractivity contribution in [3.8, 4) is 17.3 Å². The molecular weight excluding hydrogens is 410 g/mol. The van der Waals surface area contributed by atoms with Crippen LogP contribution in [0.4, 0.5) is 0 Å². The van der Waals surface area contributed by atoms with Crippen molar-refractivity contribution in [1.82, 2.24) is 14.5 Å². The highest BCUT2D eigenvalue weighted by Crippen LogP contribution is 2.37. The Morgan fingerprint density at radius 1 is 0.636 bits per heavy atom. The van der Waals surface area contributed by atoms with Crippen molar-refractivity contribution in [3.63, 3.8) is 0 Å². The molecule has 4 aromatic heterocycles. The van der Waals surface area contributed by atoms with E-state index >= 15 is 0 Å². The molecule has 7 rings (SSSR count). The average molecular weight is 427 g/mol. The van der Waals surface area contributed by atoms with Crippen molar-refractivity contribution in [2.24, 2.45) is 0 Å². The fraction of sp³-hybridized carbons (Fsp3) is 0. The first-order valence-corrected chi connectivity index (χ1v) is 10.8. The van der Waals surface area contributed by atoms with Crippen LogP contribution in [0.3, 0.4) is 0 Å².